The first-order chi connectivity index (χ1) is 12.2. The standard InChI is InChI=1S/C17H12F2N4S2/c18-17(19)23-7-6-20-14(23)9-24-15-12-8-13(11-4-2-1-3-5-11)25-16(12)22-10-21-15/h1-8,10,17H,9H2. The van der Waals surface area contributed by atoms with Gasteiger partial charge in [-0.05, 0) is 11.6 Å². The van der Waals surface area contributed by atoms with Gasteiger partial charge in [0.15, 0.2) is 0 Å². The fraction of sp³-hybridized carbons (Fsp3) is 0.118. The Hall–Kier alpha value is -2.32. The van der Waals surface area contributed by atoms with Gasteiger partial charge in [-0.3, -0.25) is 4.57 Å². The molecule has 0 radical (unpaired) electrons. The average Bonchev–Trinajstić information content (AvgIpc) is 3.27. The Morgan fingerprint density at radius 1 is 1.12 bits per heavy atom. The van der Waals surface area contributed by atoms with Crippen molar-refractivity contribution in [2.75, 3.05) is 0 Å². The Morgan fingerprint density at radius 3 is 2.76 bits per heavy atom. The molecular weight excluding hydrogens is 362 g/mol. The molecule has 0 aliphatic carbocycles. The Kier molecular flexibility index (Phi) is 4.46. The van der Waals surface area contributed by atoms with Crippen LogP contribution in [0.2, 0.25) is 0 Å². The van der Waals surface area contributed by atoms with Gasteiger partial charge in [0.25, 0.3) is 0 Å². The van der Waals surface area contributed by atoms with Gasteiger partial charge >= 0.3 is 6.55 Å². The molecule has 0 aliphatic rings. The molecule has 0 N–H and O–H groups in total. The van der Waals surface area contributed by atoms with E-state index in [1.807, 2.05) is 30.3 Å². The van der Waals surface area contributed by atoms with Crippen LogP contribution in [-0.2, 0) is 5.75 Å². The van der Waals surface area contributed by atoms with Gasteiger partial charge in [-0.1, -0.05) is 42.1 Å². The minimum atomic E-state index is -2.59. The summed E-state index contributed by atoms with van der Waals surface area (Å²) in [5.41, 5.74) is 1.12. The lowest BCUT2D eigenvalue weighted by atomic mass is 10.2. The Morgan fingerprint density at radius 2 is 1.96 bits per heavy atom. The molecule has 0 saturated carbocycles. The average molecular weight is 374 g/mol. The zero-order valence-electron chi connectivity index (χ0n) is 12.8. The van der Waals surface area contributed by atoms with E-state index in [-0.39, 0.29) is 0 Å². The lowest BCUT2D eigenvalue weighted by molar-refractivity contribution is 0.0678. The number of benzene rings is 1. The Labute approximate surface area is 150 Å². The van der Waals surface area contributed by atoms with Gasteiger partial charge < -0.3 is 0 Å². The highest BCUT2D eigenvalue weighted by Gasteiger charge is 2.14. The maximum absolute atomic E-state index is 12.9. The summed E-state index contributed by atoms with van der Waals surface area (Å²) in [5.74, 6) is 0.644. The fourth-order valence-corrected chi connectivity index (χ4v) is 4.45. The van der Waals surface area contributed by atoms with Crippen LogP contribution in [0, 0.1) is 0 Å². The maximum atomic E-state index is 12.9. The Bertz CT molecular complexity index is 998. The van der Waals surface area contributed by atoms with Crippen molar-refractivity contribution < 1.29 is 8.78 Å². The van der Waals surface area contributed by atoms with Crippen molar-refractivity contribution in [3.63, 3.8) is 0 Å². The van der Waals surface area contributed by atoms with Crippen LogP contribution in [0.4, 0.5) is 8.78 Å². The number of thioether (sulfide) groups is 1. The summed E-state index contributed by atoms with van der Waals surface area (Å²) < 4.78 is 26.7. The third kappa shape index (κ3) is 3.27. The highest BCUT2D eigenvalue weighted by atomic mass is 32.2. The molecule has 4 aromatic rings. The molecule has 0 amide bonds. The van der Waals surface area contributed by atoms with Crippen molar-refractivity contribution in [2.24, 2.45) is 0 Å². The number of halogens is 2. The third-order valence-electron chi connectivity index (χ3n) is 3.65. The van der Waals surface area contributed by atoms with Crippen LogP contribution in [0.5, 0.6) is 0 Å². The van der Waals surface area contributed by atoms with Crippen molar-refractivity contribution in [1.82, 2.24) is 19.5 Å². The zero-order chi connectivity index (χ0) is 17.2. The second-order valence-electron chi connectivity index (χ2n) is 5.19. The molecule has 8 heteroatoms. The van der Waals surface area contributed by atoms with E-state index in [4.69, 9.17) is 0 Å². The lowest BCUT2D eigenvalue weighted by Gasteiger charge is -2.06. The van der Waals surface area contributed by atoms with E-state index in [1.165, 1.54) is 30.5 Å². The first kappa shape index (κ1) is 16.2. The van der Waals surface area contributed by atoms with Gasteiger partial charge in [0.05, 0.1) is 5.75 Å². The van der Waals surface area contributed by atoms with Gasteiger partial charge in [-0.15, -0.1) is 11.3 Å². The summed E-state index contributed by atoms with van der Waals surface area (Å²) in [4.78, 5) is 14.6. The second-order valence-corrected chi connectivity index (χ2v) is 7.19. The molecule has 3 aromatic heterocycles. The van der Waals surface area contributed by atoms with Crippen LogP contribution in [0.3, 0.4) is 0 Å². The van der Waals surface area contributed by atoms with Gasteiger partial charge in [0, 0.05) is 22.7 Å². The van der Waals surface area contributed by atoms with E-state index in [0.717, 1.165) is 30.3 Å². The predicted octanol–water partition coefficient (Wildman–Crippen LogP) is 5.24. The predicted molar refractivity (Wildman–Crippen MR) is 95.9 cm³/mol. The molecule has 3 heterocycles. The maximum Gasteiger partial charge on any atom is 0.319 e. The van der Waals surface area contributed by atoms with E-state index in [9.17, 15) is 8.78 Å². The summed E-state index contributed by atoms with van der Waals surface area (Å²) in [5, 5.41) is 1.71. The Balaban J connectivity index is 1.64. The number of rotatable bonds is 5. The van der Waals surface area contributed by atoms with E-state index in [1.54, 1.807) is 11.3 Å². The van der Waals surface area contributed by atoms with E-state index in [0.29, 0.717) is 11.6 Å². The molecule has 0 aliphatic heterocycles. The fourth-order valence-electron chi connectivity index (χ4n) is 2.46. The molecule has 0 saturated heterocycles. The second kappa shape index (κ2) is 6.89. The SMILES string of the molecule is FC(F)n1ccnc1CSc1ncnc2sc(-c3ccccc3)cc12. The van der Waals surface area contributed by atoms with Crippen LogP contribution < -0.4 is 0 Å². The van der Waals surface area contributed by atoms with Crippen molar-refractivity contribution in [3.05, 3.63) is 60.9 Å². The number of alkyl halides is 2. The minimum Gasteiger partial charge on any atom is -0.277 e. The van der Waals surface area contributed by atoms with Crippen LogP contribution in [0.15, 0.2) is 60.1 Å². The molecule has 25 heavy (non-hydrogen) atoms. The molecular formula is C17H12F2N4S2. The quantitative estimate of drug-likeness (QED) is 0.354. The monoisotopic (exact) mass is 374 g/mol. The molecule has 0 spiro atoms. The summed E-state index contributed by atoms with van der Waals surface area (Å²) in [6.45, 7) is -2.59. The molecule has 1 aromatic carbocycles. The smallest absolute Gasteiger partial charge is 0.277 e. The zero-order valence-corrected chi connectivity index (χ0v) is 14.5. The van der Waals surface area contributed by atoms with Gasteiger partial charge in [-0.25, -0.2) is 15.0 Å². The van der Waals surface area contributed by atoms with Crippen molar-refractivity contribution in [3.8, 4) is 10.4 Å². The summed E-state index contributed by atoms with van der Waals surface area (Å²) in [7, 11) is 0. The van der Waals surface area contributed by atoms with Gasteiger partial charge in [0.1, 0.15) is 22.0 Å². The summed E-state index contributed by atoms with van der Waals surface area (Å²) >= 11 is 2.98. The van der Waals surface area contributed by atoms with Crippen molar-refractivity contribution >= 4 is 33.3 Å². The summed E-state index contributed by atoms with van der Waals surface area (Å²) in [6.07, 6.45) is 4.18. The van der Waals surface area contributed by atoms with Crippen LogP contribution in [0.25, 0.3) is 20.7 Å². The first-order valence-electron chi connectivity index (χ1n) is 7.45. The first-order valence-corrected chi connectivity index (χ1v) is 9.25. The molecule has 126 valence electrons. The number of thiophene rings is 1. The van der Waals surface area contributed by atoms with Crippen molar-refractivity contribution in [2.45, 2.75) is 17.3 Å². The highest BCUT2D eigenvalue weighted by Crippen LogP contribution is 2.36. The number of aromatic nitrogens is 4. The minimum absolute atomic E-state index is 0.319. The summed E-state index contributed by atoms with van der Waals surface area (Å²) in [6, 6.07) is 12.1. The molecule has 0 fully saturated rings. The van der Waals surface area contributed by atoms with Crippen molar-refractivity contribution in [1.29, 1.82) is 0 Å². The van der Waals surface area contributed by atoms with Gasteiger partial charge in [-0.2, -0.15) is 8.78 Å². The van der Waals surface area contributed by atoms with E-state index < -0.39 is 6.55 Å². The largest absolute Gasteiger partial charge is 0.319 e. The lowest BCUT2D eigenvalue weighted by Crippen LogP contribution is -2.02. The molecule has 0 bridgehead atoms. The molecule has 0 atom stereocenters. The number of hydrogen-bond acceptors (Lipinski definition) is 5. The van der Waals surface area contributed by atoms with Gasteiger partial charge in [0.2, 0.25) is 0 Å². The number of nitrogens with zero attached hydrogens (tertiary/aromatic N) is 4. The highest BCUT2D eigenvalue weighted by molar-refractivity contribution is 7.98. The molecule has 4 nitrogen and oxygen atoms in total. The molecule has 4 rings (SSSR count). The number of hydrogen-bond donors (Lipinski definition) is 0. The topological polar surface area (TPSA) is 43.6 Å². The number of fused-ring (bicyclic) bond motifs is 1. The third-order valence-corrected chi connectivity index (χ3v) is 5.74. The van der Waals surface area contributed by atoms with Crippen LogP contribution in [-0.4, -0.2) is 19.5 Å². The van der Waals surface area contributed by atoms with Crippen LogP contribution in [0.1, 0.15) is 12.4 Å². The van der Waals surface area contributed by atoms with Crippen LogP contribution >= 0.6 is 23.1 Å². The van der Waals surface area contributed by atoms with E-state index in [2.05, 4.69) is 21.0 Å². The number of imidazole rings is 1. The normalized spacial score (nSPS) is 11.5. The molecule has 0 unspecified atom stereocenters. The van der Waals surface area contributed by atoms with E-state index >= 15 is 0 Å².